The second-order valence-corrected chi connectivity index (χ2v) is 7.86. The molecule has 162 valence electrons. The summed E-state index contributed by atoms with van der Waals surface area (Å²) in [6, 6.07) is 0. The average molecular weight is 420 g/mol. The Bertz CT molecular complexity index is 354. The Morgan fingerprint density at radius 3 is 1.70 bits per heavy atom. The first-order valence-electron chi connectivity index (χ1n) is 9.84. The van der Waals surface area contributed by atoms with E-state index in [0.717, 1.165) is 19.3 Å². The molecule has 4 nitrogen and oxygen atoms in total. The lowest BCUT2D eigenvalue weighted by Crippen LogP contribution is -2.57. The molecular formula is C18H31F4O4S-. The van der Waals surface area contributed by atoms with Gasteiger partial charge in [-0.05, 0) is 6.42 Å². The Hall–Kier alpha value is -0.0900. The van der Waals surface area contributed by atoms with Gasteiger partial charge in [0.15, 0.2) is 24.7 Å². The maximum atomic E-state index is 14.1. The summed E-state index contributed by atoms with van der Waals surface area (Å²) in [5.74, 6) is 0. The number of unbranched alkanes of at least 4 members (excludes halogenated alkanes) is 9. The van der Waals surface area contributed by atoms with Crippen LogP contribution in [0.2, 0.25) is 0 Å². The Kier molecular flexibility index (Phi) is 13.7. The van der Waals surface area contributed by atoms with E-state index in [-0.39, 0.29) is 18.6 Å². The maximum absolute atomic E-state index is 14.1. The van der Waals surface area contributed by atoms with Crippen molar-refractivity contribution in [2.24, 2.45) is 0 Å². The Morgan fingerprint density at radius 2 is 1.22 bits per heavy atom. The number of rotatable bonds is 15. The van der Waals surface area contributed by atoms with Crippen LogP contribution in [0.15, 0.2) is 0 Å². The third-order valence-corrected chi connectivity index (χ3v) is 5.73. The van der Waals surface area contributed by atoms with E-state index in [1.807, 2.05) is 0 Å². The smallest absolute Gasteiger partial charge is 0.161 e. The number of hydrogen-bond donors (Lipinski definition) is 0. The summed E-state index contributed by atoms with van der Waals surface area (Å²) < 4.78 is 64.9. The molecule has 0 aromatic rings. The third-order valence-electron chi connectivity index (χ3n) is 4.85. The van der Waals surface area contributed by atoms with Crippen molar-refractivity contribution < 1.29 is 36.9 Å². The van der Waals surface area contributed by atoms with Gasteiger partial charge in [-0.1, -0.05) is 64.7 Å². The van der Waals surface area contributed by atoms with Crippen LogP contribution < -0.4 is 5.26 Å². The van der Waals surface area contributed by atoms with Crippen LogP contribution in [0, 0.1) is 0 Å². The molecule has 27 heavy (non-hydrogen) atoms. The molecule has 1 saturated carbocycles. The molecule has 4 atom stereocenters. The molecule has 0 aliphatic heterocycles. The standard InChI is InChI=1S/C18H32F4O4S/c1-2-3-4-5-6-7-8-9-10-11-12-24-17-13(19)15(21)18(27-26-25-23)16(22)14(17)20/h13-18,23H,2-12H2,1H3/p-1. The summed E-state index contributed by atoms with van der Waals surface area (Å²) in [7, 11) is 0. The fourth-order valence-electron chi connectivity index (χ4n) is 3.24. The quantitative estimate of drug-likeness (QED) is 0.124. The third kappa shape index (κ3) is 8.85. The molecule has 9 heteroatoms. The van der Waals surface area contributed by atoms with Crippen LogP contribution in [-0.2, 0) is 14.1 Å². The molecule has 0 bridgehead atoms. The monoisotopic (exact) mass is 419 g/mol. The molecule has 0 spiro atoms. The Balaban J connectivity index is 2.17. The van der Waals surface area contributed by atoms with E-state index in [2.05, 4.69) is 16.3 Å². The van der Waals surface area contributed by atoms with Crippen LogP contribution in [0.25, 0.3) is 0 Å². The molecule has 0 amide bonds. The Morgan fingerprint density at radius 1 is 0.741 bits per heavy atom. The highest BCUT2D eigenvalue weighted by Crippen LogP contribution is 2.38. The molecule has 0 aromatic carbocycles. The zero-order valence-electron chi connectivity index (χ0n) is 15.8. The van der Waals surface area contributed by atoms with E-state index < -0.39 is 36.0 Å². The zero-order chi connectivity index (χ0) is 20.1. The van der Waals surface area contributed by atoms with Gasteiger partial charge >= 0.3 is 0 Å². The van der Waals surface area contributed by atoms with Crippen LogP contribution in [-0.4, -0.2) is 42.6 Å². The van der Waals surface area contributed by atoms with Gasteiger partial charge in [0.2, 0.25) is 0 Å². The minimum Gasteiger partial charge on any atom is -0.691 e. The molecule has 0 saturated heterocycles. The first-order valence-corrected chi connectivity index (χ1v) is 10.6. The van der Waals surface area contributed by atoms with Crippen molar-refractivity contribution in [3.63, 3.8) is 0 Å². The lowest BCUT2D eigenvalue weighted by Gasteiger charge is -2.38. The highest BCUT2D eigenvalue weighted by atomic mass is 32.2. The molecule has 0 N–H and O–H groups in total. The summed E-state index contributed by atoms with van der Waals surface area (Å²) in [6.07, 6.45) is -0.179. The normalized spacial score (nSPS) is 31.3. The fourth-order valence-corrected chi connectivity index (χ4v) is 3.87. The van der Waals surface area contributed by atoms with Gasteiger partial charge in [-0.2, -0.15) is 4.33 Å². The van der Waals surface area contributed by atoms with Crippen LogP contribution >= 0.6 is 12.0 Å². The number of ether oxygens (including phenoxy) is 1. The first kappa shape index (κ1) is 24.9. The molecule has 4 unspecified atom stereocenters. The van der Waals surface area contributed by atoms with Crippen molar-refractivity contribution >= 4 is 12.0 Å². The van der Waals surface area contributed by atoms with E-state index in [0.29, 0.717) is 6.42 Å². The van der Waals surface area contributed by atoms with Crippen molar-refractivity contribution in [2.75, 3.05) is 6.61 Å². The summed E-state index contributed by atoms with van der Waals surface area (Å²) >= 11 is -0.0517. The van der Waals surface area contributed by atoms with Crippen molar-refractivity contribution in [2.45, 2.75) is 107 Å². The van der Waals surface area contributed by atoms with Crippen molar-refractivity contribution in [1.29, 1.82) is 0 Å². The summed E-state index contributed by atoms with van der Waals surface area (Å²) in [5.41, 5.74) is 0. The predicted molar refractivity (Wildman–Crippen MR) is 94.7 cm³/mol. The van der Waals surface area contributed by atoms with Crippen LogP contribution in [0.1, 0.15) is 71.1 Å². The molecule has 1 rings (SSSR count). The number of hydrogen-bond acceptors (Lipinski definition) is 5. The van der Waals surface area contributed by atoms with Gasteiger partial charge < -0.3 is 9.99 Å². The van der Waals surface area contributed by atoms with E-state index in [9.17, 15) is 22.8 Å². The van der Waals surface area contributed by atoms with Crippen molar-refractivity contribution in [3.8, 4) is 0 Å². The lowest BCUT2D eigenvalue weighted by molar-refractivity contribution is -0.777. The number of halogens is 4. The van der Waals surface area contributed by atoms with Crippen molar-refractivity contribution in [1.82, 2.24) is 0 Å². The number of alkyl halides is 4. The van der Waals surface area contributed by atoms with Gasteiger partial charge in [-0.3, -0.25) is 5.04 Å². The van der Waals surface area contributed by atoms with E-state index in [4.69, 9.17) is 4.74 Å². The van der Waals surface area contributed by atoms with Gasteiger partial charge in [0.05, 0.1) is 0 Å². The minimum atomic E-state index is -2.36. The highest BCUT2D eigenvalue weighted by molar-refractivity contribution is 7.95. The zero-order valence-corrected chi connectivity index (χ0v) is 16.6. The van der Waals surface area contributed by atoms with Gasteiger partial charge in [0.25, 0.3) is 0 Å². The van der Waals surface area contributed by atoms with Crippen molar-refractivity contribution in [3.05, 3.63) is 0 Å². The van der Waals surface area contributed by atoms with Crippen LogP contribution in [0.5, 0.6) is 0 Å². The van der Waals surface area contributed by atoms with E-state index in [1.165, 1.54) is 38.5 Å². The Labute approximate surface area is 163 Å². The average Bonchev–Trinajstić information content (AvgIpc) is 2.67. The maximum Gasteiger partial charge on any atom is 0.161 e. The molecule has 0 radical (unpaired) electrons. The van der Waals surface area contributed by atoms with Gasteiger partial charge in [0.1, 0.15) is 11.4 Å². The molecule has 1 aliphatic carbocycles. The molecule has 1 fully saturated rings. The highest BCUT2D eigenvalue weighted by Gasteiger charge is 2.54. The largest absolute Gasteiger partial charge is 0.691 e. The SMILES string of the molecule is CCCCCCCCCCCCOC1C(F)C(F)C(SOO[O-])C(F)C1F. The van der Waals surface area contributed by atoms with Gasteiger partial charge in [-0.25, -0.2) is 17.6 Å². The fraction of sp³-hybridized carbons (Fsp3) is 1.00. The minimum absolute atomic E-state index is 0.0517. The first-order chi connectivity index (χ1) is 13.0. The topological polar surface area (TPSA) is 50.8 Å². The molecular weight excluding hydrogens is 388 g/mol. The van der Waals surface area contributed by atoms with Crippen LogP contribution in [0.3, 0.4) is 0 Å². The molecule has 0 aromatic heterocycles. The van der Waals surface area contributed by atoms with E-state index >= 15 is 0 Å². The second-order valence-electron chi connectivity index (χ2n) is 6.99. The lowest BCUT2D eigenvalue weighted by atomic mass is 9.90. The summed E-state index contributed by atoms with van der Waals surface area (Å²) in [4.78, 5) is 0. The molecule has 0 heterocycles. The van der Waals surface area contributed by atoms with Gasteiger partial charge in [-0.15, -0.1) is 0 Å². The van der Waals surface area contributed by atoms with E-state index in [1.54, 1.807) is 0 Å². The van der Waals surface area contributed by atoms with Crippen LogP contribution in [0.4, 0.5) is 17.6 Å². The van der Waals surface area contributed by atoms with Gasteiger partial charge in [0, 0.05) is 18.6 Å². The summed E-state index contributed by atoms with van der Waals surface area (Å²) in [5, 5.41) is 10.9. The predicted octanol–water partition coefficient (Wildman–Crippen LogP) is 4.90. The summed E-state index contributed by atoms with van der Waals surface area (Å²) in [6.45, 7) is 2.24. The second kappa shape index (κ2) is 14.8. The molecule has 1 aliphatic rings.